The minimum Gasteiger partial charge on any atom is -0.503 e. The number of nitrogens with zero attached hydrogens (tertiary/aromatic N) is 1. The van der Waals surface area contributed by atoms with Crippen molar-refractivity contribution in [3.63, 3.8) is 0 Å². The molecule has 3 aromatic carbocycles. The molecule has 0 saturated carbocycles. The SMILES string of the molecule is COc1ccc2[nH]cc(CCN3C(=O)C(O)=C(C(=O)Cc4ccccc4)[C@@H]3c3ccc(Cl)cc3Cl)c2c1. The number of H-pyrrole nitrogens is 1. The fraction of sp³-hybridized carbons (Fsp3) is 0.172. The number of methoxy groups -OCH3 is 1. The molecule has 4 aromatic rings. The van der Waals surface area contributed by atoms with Crippen LogP contribution in [0.4, 0.5) is 0 Å². The van der Waals surface area contributed by atoms with Crippen LogP contribution in [0.5, 0.6) is 5.75 Å². The summed E-state index contributed by atoms with van der Waals surface area (Å²) in [5, 5.41) is 12.6. The highest BCUT2D eigenvalue weighted by Gasteiger charge is 2.43. The number of carbonyl (C=O) groups is 2. The molecule has 1 atom stereocenters. The van der Waals surface area contributed by atoms with Crippen LogP contribution >= 0.6 is 23.2 Å². The fourth-order valence-corrected chi connectivity index (χ4v) is 5.34. The number of hydrogen-bond donors (Lipinski definition) is 2. The Morgan fingerprint density at radius 1 is 1.08 bits per heavy atom. The Balaban J connectivity index is 1.50. The minimum atomic E-state index is -0.840. The van der Waals surface area contributed by atoms with E-state index in [1.54, 1.807) is 25.3 Å². The van der Waals surface area contributed by atoms with E-state index in [9.17, 15) is 14.7 Å². The highest BCUT2D eigenvalue weighted by atomic mass is 35.5. The second-order valence-corrected chi connectivity index (χ2v) is 9.73. The van der Waals surface area contributed by atoms with Crippen LogP contribution in [-0.2, 0) is 22.4 Å². The van der Waals surface area contributed by atoms with Crippen LogP contribution in [0.2, 0.25) is 10.0 Å². The number of aliphatic hydroxyl groups is 1. The number of benzene rings is 3. The zero-order valence-corrected chi connectivity index (χ0v) is 21.5. The lowest BCUT2D eigenvalue weighted by molar-refractivity contribution is -0.129. The molecule has 2 heterocycles. The van der Waals surface area contributed by atoms with Crippen LogP contribution in [0.15, 0.2) is 84.3 Å². The molecule has 1 aromatic heterocycles. The Hall–Kier alpha value is -3.74. The zero-order chi connectivity index (χ0) is 26.1. The molecular weight excluding hydrogens is 511 g/mol. The largest absolute Gasteiger partial charge is 0.503 e. The summed E-state index contributed by atoms with van der Waals surface area (Å²) in [6.07, 6.45) is 2.42. The number of carbonyl (C=O) groups excluding carboxylic acids is 2. The van der Waals surface area contributed by atoms with Gasteiger partial charge in [0, 0.05) is 40.1 Å². The van der Waals surface area contributed by atoms with Crippen molar-refractivity contribution in [1.82, 2.24) is 9.88 Å². The van der Waals surface area contributed by atoms with Gasteiger partial charge in [-0.1, -0.05) is 59.6 Å². The average Bonchev–Trinajstić information content (AvgIpc) is 3.41. The van der Waals surface area contributed by atoms with Gasteiger partial charge in [0.2, 0.25) is 0 Å². The quantitative estimate of drug-likeness (QED) is 0.280. The van der Waals surface area contributed by atoms with Gasteiger partial charge in [-0.2, -0.15) is 0 Å². The number of aromatic amines is 1. The van der Waals surface area contributed by atoms with Crippen molar-refractivity contribution in [3.05, 3.63) is 111 Å². The number of rotatable bonds is 8. The predicted molar refractivity (Wildman–Crippen MR) is 144 cm³/mol. The van der Waals surface area contributed by atoms with Gasteiger partial charge in [0.05, 0.1) is 18.7 Å². The van der Waals surface area contributed by atoms with E-state index in [1.165, 1.54) is 4.90 Å². The second kappa shape index (κ2) is 10.3. The number of Topliss-reactive ketones (excluding diaryl/α,β-unsaturated/α-hetero) is 1. The van der Waals surface area contributed by atoms with Gasteiger partial charge in [-0.25, -0.2) is 0 Å². The van der Waals surface area contributed by atoms with Crippen molar-refractivity contribution in [2.45, 2.75) is 18.9 Å². The molecule has 0 unspecified atom stereocenters. The maximum Gasteiger partial charge on any atom is 0.290 e. The van der Waals surface area contributed by atoms with Crippen molar-refractivity contribution < 1.29 is 19.4 Å². The van der Waals surface area contributed by atoms with Gasteiger partial charge >= 0.3 is 0 Å². The van der Waals surface area contributed by atoms with Crippen LogP contribution in [0.1, 0.15) is 22.7 Å². The molecule has 1 amide bonds. The van der Waals surface area contributed by atoms with E-state index in [1.807, 2.05) is 54.7 Å². The highest BCUT2D eigenvalue weighted by Crippen LogP contribution is 2.42. The van der Waals surface area contributed by atoms with E-state index in [0.717, 1.165) is 27.8 Å². The third-order valence-corrected chi connectivity index (χ3v) is 7.23. The Kier molecular flexibility index (Phi) is 6.96. The summed E-state index contributed by atoms with van der Waals surface area (Å²) in [4.78, 5) is 31.5. The number of hydrogen-bond acceptors (Lipinski definition) is 4. The summed E-state index contributed by atoms with van der Waals surface area (Å²) >= 11 is 12.7. The number of ketones is 1. The molecule has 0 fully saturated rings. The molecule has 188 valence electrons. The van der Waals surface area contributed by atoms with Crippen molar-refractivity contribution >= 4 is 45.8 Å². The first-order valence-corrected chi connectivity index (χ1v) is 12.5. The number of ether oxygens (including phenoxy) is 1. The molecule has 0 aliphatic carbocycles. The molecule has 1 aliphatic rings. The van der Waals surface area contributed by atoms with Crippen LogP contribution in [0.25, 0.3) is 10.9 Å². The molecular formula is C29H24Cl2N2O4. The van der Waals surface area contributed by atoms with E-state index >= 15 is 0 Å². The summed E-state index contributed by atoms with van der Waals surface area (Å²) in [5.41, 5.74) is 3.28. The summed E-state index contributed by atoms with van der Waals surface area (Å²) < 4.78 is 5.36. The average molecular weight is 535 g/mol. The minimum absolute atomic E-state index is 0.0404. The van der Waals surface area contributed by atoms with Crippen molar-refractivity contribution in [1.29, 1.82) is 0 Å². The predicted octanol–water partition coefficient (Wildman–Crippen LogP) is 6.23. The van der Waals surface area contributed by atoms with Crippen molar-refractivity contribution in [2.24, 2.45) is 0 Å². The van der Waals surface area contributed by atoms with E-state index < -0.39 is 17.7 Å². The topological polar surface area (TPSA) is 82.6 Å². The third-order valence-electron chi connectivity index (χ3n) is 6.67. The Morgan fingerprint density at radius 3 is 2.59 bits per heavy atom. The number of aromatic nitrogens is 1. The Labute approximate surface area is 224 Å². The first kappa shape index (κ1) is 24.9. The van der Waals surface area contributed by atoms with Crippen LogP contribution < -0.4 is 4.74 Å². The molecule has 6 nitrogen and oxygen atoms in total. The second-order valence-electron chi connectivity index (χ2n) is 8.89. The van der Waals surface area contributed by atoms with Crippen LogP contribution in [0, 0.1) is 0 Å². The third kappa shape index (κ3) is 4.82. The molecule has 5 rings (SSSR count). The maximum atomic E-state index is 13.5. The van der Waals surface area contributed by atoms with Crippen molar-refractivity contribution in [3.8, 4) is 5.75 Å². The van der Waals surface area contributed by atoms with Gasteiger partial charge in [0.15, 0.2) is 11.5 Å². The summed E-state index contributed by atoms with van der Waals surface area (Å²) in [6, 6.07) is 19.0. The van der Waals surface area contributed by atoms with Gasteiger partial charge < -0.3 is 19.7 Å². The zero-order valence-electron chi connectivity index (χ0n) is 20.0. The monoisotopic (exact) mass is 534 g/mol. The molecule has 37 heavy (non-hydrogen) atoms. The lowest BCUT2D eigenvalue weighted by Crippen LogP contribution is -2.33. The summed E-state index contributed by atoms with van der Waals surface area (Å²) in [5.74, 6) is -0.765. The number of aliphatic hydroxyl groups excluding tert-OH is 1. The smallest absolute Gasteiger partial charge is 0.290 e. The molecule has 8 heteroatoms. The van der Waals surface area contributed by atoms with Gasteiger partial charge in [-0.3, -0.25) is 9.59 Å². The molecule has 0 saturated heterocycles. The number of nitrogens with one attached hydrogen (secondary N) is 1. The van der Waals surface area contributed by atoms with Gasteiger partial charge in [-0.15, -0.1) is 0 Å². The first-order valence-electron chi connectivity index (χ1n) is 11.8. The van der Waals surface area contributed by atoms with Crippen molar-refractivity contribution in [2.75, 3.05) is 13.7 Å². The highest BCUT2D eigenvalue weighted by molar-refractivity contribution is 6.35. The number of halogens is 2. The Bertz CT molecular complexity index is 1530. The first-order chi connectivity index (χ1) is 17.9. The molecule has 1 aliphatic heterocycles. The van der Waals surface area contributed by atoms with Crippen LogP contribution in [-0.4, -0.2) is 40.3 Å². The summed E-state index contributed by atoms with van der Waals surface area (Å²) in [6.45, 7) is 0.249. The molecule has 0 bridgehead atoms. The van der Waals surface area contributed by atoms with E-state index in [0.29, 0.717) is 22.0 Å². The number of amides is 1. The lowest BCUT2D eigenvalue weighted by atomic mass is 9.93. The number of fused-ring (bicyclic) bond motifs is 1. The molecule has 0 radical (unpaired) electrons. The van der Waals surface area contributed by atoms with Gasteiger partial charge in [0.1, 0.15) is 5.75 Å². The lowest BCUT2D eigenvalue weighted by Gasteiger charge is -2.27. The standard InChI is InChI=1S/C29H24Cl2N2O4/c1-37-20-8-10-24-22(15-20)18(16-32-24)11-12-33-27(21-9-7-19(30)14-23(21)31)26(28(35)29(33)36)25(34)13-17-5-3-2-4-6-17/h2-10,14-16,27,32,35H,11-13H2,1H3/t27-/m0/s1. The normalized spacial score (nSPS) is 15.6. The van der Waals surface area contributed by atoms with E-state index in [4.69, 9.17) is 27.9 Å². The van der Waals surface area contributed by atoms with E-state index in [2.05, 4.69) is 4.98 Å². The van der Waals surface area contributed by atoms with Crippen LogP contribution in [0.3, 0.4) is 0 Å². The van der Waals surface area contributed by atoms with Gasteiger partial charge in [0.25, 0.3) is 5.91 Å². The fourth-order valence-electron chi connectivity index (χ4n) is 4.82. The molecule has 2 N–H and O–H groups in total. The Morgan fingerprint density at radius 2 is 1.86 bits per heavy atom. The molecule has 0 spiro atoms. The summed E-state index contributed by atoms with van der Waals surface area (Å²) in [7, 11) is 1.61. The maximum absolute atomic E-state index is 13.5. The van der Waals surface area contributed by atoms with E-state index in [-0.39, 0.29) is 24.3 Å². The van der Waals surface area contributed by atoms with Gasteiger partial charge in [-0.05, 0) is 53.4 Å².